The molecule has 0 radical (unpaired) electrons. The Labute approximate surface area is 155 Å². The van der Waals surface area contributed by atoms with Gasteiger partial charge in [0.2, 0.25) is 12.2 Å². The highest BCUT2D eigenvalue weighted by atomic mass is 15.2. The van der Waals surface area contributed by atoms with Gasteiger partial charge in [0.25, 0.3) is 0 Å². The number of nitrogens with one attached hydrogen (secondary N) is 2. The highest BCUT2D eigenvalue weighted by Gasteiger charge is 2.33. The fourth-order valence-electron chi connectivity index (χ4n) is 3.72. The molecule has 0 amide bonds. The summed E-state index contributed by atoms with van der Waals surface area (Å²) in [5.74, 6) is 0.525. The molecule has 26 heavy (non-hydrogen) atoms. The Hall–Kier alpha value is -2.87. The van der Waals surface area contributed by atoms with Gasteiger partial charge in [0.1, 0.15) is 0 Å². The van der Waals surface area contributed by atoms with E-state index in [0.717, 1.165) is 24.9 Å². The molecule has 1 heterocycles. The molecule has 5 heteroatoms. The van der Waals surface area contributed by atoms with E-state index in [9.17, 15) is 0 Å². The summed E-state index contributed by atoms with van der Waals surface area (Å²) in [5.41, 5.74) is 2.53. The molecule has 1 fully saturated rings. The summed E-state index contributed by atoms with van der Waals surface area (Å²) >= 11 is 0. The van der Waals surface area contributed by atoms with Crippen molar-refractivity contribution in [3.8, 4) is 6.19 Å². The van der Waals surface area contributed by atoms with Gasteiger partial charge in [-0.2, -0.15) is 5.26 Å². The van der Waals surface area contributed by atoms with Gasteiger partial charge in [-0.05, 0) is 30.0 Å². The van der Waals surface area contributed by atoms with Crippen molar-refractivity contribution in [3.05, 3.63) is 66.0 Å². The van der Waals surface area contributed by atoms with E-state index >= 15 is 0 Å². The first-order valence-electron chi connectivity index (χ1n) is 9.21. The Balaban J connectivity index is 1.68. The summed E-state index contributed by atoms with van der Waals surface area (Å²) in [7, 11) is 0. The lowest BCUT2D eigenvalue weighted by atomic mass is 9.69. The molecule has 0 unspecified atom stereocenters. The summed E-state index contributed by atoms with van der Waals surface area (Å²) in [6, 6.07) is 14.6. The quantitative estimate of drug-likeness (QED) is 0.493. The number of benzene rings is 1. The number of rotatable bonds is 5. The predicted molar refractivity (Wildman–Crippen MR) is 103 cm³/mol. The van der Waals surface area contributed by atoms with Crippen LogP contribution in [-0.4, -0.2) is 17.5 Å². The van der Waals surface area contributed by atoms with E-state index < -0.39 is 0 Å². The maximum Gasteiger partial charge on any atom is 0.209 e. The topological polar surface area (TPSA) is 73.1 Å². The first-order chi connectivity index (χ1) is 12.8. The molecule has 1 saturated carbocycles. The van der Waals surface area contributed by atoms with E-state index in [1.807, 2.05) is 24.5 Å². The van der Waals surface area contributed by atoms with E-state index in [2.05, 4.69) is 50.9 Å². The smallest absolute Gasteiger partial charge is 0.209 e. The molecule has 5 nitrogen and oxygen atoms in total. The molecule has 3 rings (SSSR count). The average Bonchev–Trinajstić information content (AvgIpc) is 2.72. The zero-order valence-electron chi connectivity index (χ0n) is 15.0. The first-order valence-corrected chi connectivity index (χ1v) is 9.21. The monoisotopic (exact) mass is 347 g/mol. The average molecular weight is 347 g/mol. The maximum atomic E-state index is 9.02. The minimum absolute atomic E-state index is 0.103. The zero-order valence-corrected chi connectivity index (χ0v) is 15.0. The third kappa shape index (κ3) is 4.60. The second kappa shape index (κ2) is 9.00. The van der Waals surface area contributed by atoms with Gasteiger partial charge in [0, 0.05) is 30.9 Å². The van der Waals surface area contributed by atoms with Crippen LogP contribution in [0.1, 0.15) is 43.2 Å². The number of nitriles is 1. The largest absolute Gasteiger partial charge is 0.355 e. The van der Waals surface area contributed by atoms with Crippen molar-refractivity contribution in [1.82, 2.24) is 15.6 Å². The number of aromatic nitrogens is 1. The molecule has 0 saturated heterocycles. The number of hydrogen-bond donors (Lipinski definition) is 2. The molecular weight excluding hydrogens is 322 g/mol. The standard InChI is InChI=1S/C21H25N5/c22-17-26-20(24-15-18-8-7-13-23-14-18)25-16-21(11-5-2-6-12-21)19-9-3-1-4-10-19/h1,3-4,7-10,13-14H,2,5-6,11-12,15-16H2,(H2,24,25,26). The maximum absolute atomic E-state index is 9.02. The molecule has 2 aromatic rings. The molecule has 134 valence electrons. The summed E-state index contributed by atoms with van der Waals surface area (Å²) in [6.07, 6.45) is 11.5. The van der Waals surface area contributed by atoms with Gasteiger partial charge < -0.3 is 10.6 Å². The number of aliphatic imine (C=N–C) groups is 1. The first kappa shape index (κ1) is 17.9. The van der Waals surface area contributed by atoms with Gasteiger partial charge in [0.05, 0.1) is 0 Å². The third-order valence-corrected chi connectivity index (χ3v) is 5.14. The highest BCUT2D eigenvalue weighted by Crippen LogP contribution is 2.38. The summed E-state index contributed by atoms with van der Waals surface area (Å²) in [6.45, 7) is 1.36. The Morgan fingerprint density at radius 3 is 2.58 bits per heavy atom. The van der Waals surface area contributed by atoms with Gasteiger partial charge in [0.15, 0.2) is 0 Å². The van der Waals surface area contributed by atoms with Crippen LogP contribution >= 0.6 is 0 Å². The minimum Gasteiger partial charge on any atom is -0.355 e. The van der Waals surface area contributed by atoms with Crippen molar-refractivity contribution in [2.75, 3.05) is 6.54 Å². The Kier molecular flexibility index (Phi) is 6.21. The summed E-state index contributed by atoms with van der Waals surface area (Å²) in [5, 5.41) is 15.6. The van der Waals surface area contributed by atoms with Crippen molar-refractivity contribution in [2.45, 2.75) is 44.1 Å². The van der Waals surface area contributed by atoms with Crippen LogP contribution < -0.4 is 10.6 Å². The van der Waals surface area contributed by atoms with Crippen LogP contribution in [-0.2, 0) is 12.0 Å². The molecule has 1 aliphatic rings. The lowest BCUT2D eigenvalue weighted by molar-refractivity contribution is 0.291. The van der Waals surface area contributed by atoms with Crippen LogP contribution in [0.2, 0.25) is 0 Å². The third-order valence-electron chi connectivity index (χ3n) is 5.14. The van der Waals surface area contributed by atoms with E-state index in [-0.39, 0.29) is 5.41 Å². The van der Waals surface area contributed by atoms with E-state index in [4.69, 9.17) is 5.26 Å². The van der Waals surface area contributed by atoms with Crippen molar-refractivity contribution >= 4 is 5.96 Å². The van der Waals surface area contributed by atoms with E-state index in [1.165, 1.54) is 24.8 Å². The van der Waals surface area contributed by atoms with Crippen molar-refractivity contribution in [2.24, 2.45) is 4.99 Å². The van der Waals surface area contributed by atoms with Crippen LogP contribution in [0, 0.1) is 11.5 Å². The van der Waals surface area contributed by atoms with Crippen LogP contribution in [0.4, 0.5) is 0 Å². The highest BCUT2D eigenvalue weighted by molar-refractivity contribution is 5.80. The zero-order chi connectivity index (χ0) is 18.1. The minimum atomic E-state index is 0.103. The Morgan fingerprint density at radius 2 is 1.88 bits per heavy atom. The van der Waals surface area contributed by atoms with Gasteiger partial charge in [-0.1, -0.05) is 55.7 Å². The van der Waals surface area contributed by atoms with Gasteiger partial charge in [-0.25, -0.2) is 0 Å². The molecule has 2 N–H and O–H groups in total. The van der Waals surface area contributed by atoms with Crippen LogP contribution in [0.5, 0.6) is 0 Å². The van der Waals surface area contributed by atoms with Gasteiger partial charge in [-0.15, -0.1) is 4.99 Å². The van der Waals surface area contributed by atoms with Crippen LogP contribution in [0.25, 0.3) is 0 Å². The lowest BCUT2D eigenvalue weighted by Gasteiger charge is -2.38. The van der Waals surface area contributed by atoms with Crippen molar-refractivity contribution in [3.63, 3.8) is 0 Å². The Bertz CT molecular complexity index is 743. The molecular formula is C21H25N5. The predicted octanol–water partition coefficient (Wildman–Crippen LogP) is 3.50. The molecule has 1 aliphatic carbocycles. The SMILES string of the molecule is N#C/N=C(\NCc1cccnc1)NCC1(c2ccccc2)CCCCC1. The van der Waals surface area contributed by atoms with Gasteiger partial charge >= 0.3 is 0 Å². The second-order valence-corrected chi connectivity index (χ2v) is 6.84. The van der Waals surface area contributed by atoms with E-state index in [1.54, 1.807) is 6.20 Å². The van der Waals surface area contributed by atoms with Crippen molar-refractivity contribution < 1.29 is 0 Å². The fraction of sp³-hybridized carbons (Fsp3) is 0.381. The molecule has 1 aromatic heterocycles. The number of pyridine rings is 1. The fourth-order valence-corrected chi connectivity index (χ4v) is 3.72. The molecule has 1 aromatic carbocycles. The van der Waals surface area contributed by atoms with E-state index in [0.29, 0.717) is 12.5 Å². The normalized spacial score (nSPS) is 16.5. The van der Waals surface area contributed by atoms with Crippen LogP contribution in [0.3, 0.4) is 0 Å². The van der Waals surface area contributed by atoms with Gasteiger partial charge in [-0.3, -0.25) is 4.98 Å². The molecule has 0 atom stereocenters. The molecule has 0 aliphatic heterocycles. The van der Waals surface area contributed by atoms with Crippen LogP contribution in [0.15, 0.2) is 59.9 Å². The second-order valence-electron chi connectivity index (χ2n) is 6.84. The summed E-state index contributed by atoms with van der Waals surface area (Å²) in [4.78, 5) is 8.04. The van der Waals surface area contributed by atoms with Crippen molar-refractivity contribution in [1.29, 1.82) is 5.26 Å². The number of guanidine groups is 1. The number of nitrogens with zero attached hydrogens (tertiary/aromatic N) is 3. The summed E-state index contributed by atoms with van der Waals surface area (Å²) < 4.78 is 0. The number of hydrogen-bond acceptors (Lipinski definition) is 3. The molecule has 0 bridgehead atoms. The Morgan fingerprint density at radius 1 is 1.08 bits per heavy atom. The lowest BCUT2D eigenvalue weighted by Crippen LogP contribution is -2.46. The molecule has 0 spiro atoms.